The molecule has 3 heterocycles. The van der Waals surface area contributed by atoms with Crippen molar-refractivity contribution >= 4 is 65.4 Å². The third kappa shape index (κ3) is 4.84. The van der Waals surface area contributed by atoms with Gasteiger partial charge in [-0.05, 0) is 28.5 Å². The van der Waals surface area contributed by atoms with Crippen molar-refractivity contribution in [3.63, 3.8) is 0 Å². The number of benzene rings is 8. The van der Waals surface area contributed by atoms with Crippen LogP contribution in [-0.4, -0.2) is 14.5 Å². The maximum atomic E-state index is 6.96. The smallest absolute Gasteiger partial charge is 0.235 e. The Morgan fingerprint density at radius 1 is 0.426 bits per heavy atom. The van der Waals surface area contributed by atoms with Gasteiger partial charge in [0.2, 0.25) is 5.95 Å². The first kappa shape index (κ1) is 31.7. The molecule has 54 heavy (non-hydrogen) atoms. The first-order valence-electron chi connectivity index (χ1n) is 18.6. The van der Waals surface area contributed by atoms with Gasteiger partial charge in [0.1, 0.15) is 11.2 Å². The van der Waals surface area contributed by atoms with Gasteiger partial charge in [0.15, 0.2) is 0 Å². The van der Waals surface area contributed by atoms with Crippen LogP contribution in [0.3, 0.4) is 0 Å². The highest BCUT2D eigenvalue weighted by molar-refractivity contribution is 6.24. The van der Waals surface area contributed by atoms with Crippen molar-refractivity contribution in [3.05, 3.63) is 176 Å². The molecule has 8 aromatic carbocycles. The molecule has 4 heteroatoms. The van der Waals surface area contributed by atoms with Gasteiger partial charge >= 0.3 is 0 Å². The molecule has 0 saturated heterocycles. The second-order valence-corrected chi connectivity index (χ2v) is 13.3. The molecule has 3 aromatic heterocycles. The molecular formula is C50H35N3O. The Labute approximate surface area is 312 Å². The van der Waals surface area contributed by atoms with Crippen LogP contribution in [0, 0.1) is 0 Å². The minimum Gasteiger partial charge on any atom is -0.455 e. The molecular weight excluding hydrogens is 659 g/mol. The Balaban J connectivity index is 0.00000178. The summed E-state index contributed by atoms with van der Waals surface area (Å²) >= 11 is 0. The van der Waals surface area contributed by atoms with E-state index in [1.54, 1.807) is 0 Å². The topological polar surface area (TPSA) is 43.9 Å². The number of hydrogen-bond donors (Lipinski definition) is 0. The summed E-state index contributed by atoms with van der Waals surface area (Å²) in [6.45, 7) is 4.00. The highest BCUT2D eigenvalue weighted by atomic mass is 16.3. The molecule has 0 unspecified atom stereocenters. The Morgan fingerprint density at radius 3 is 1.76 bits per heavy atom. The van der Waals surface area contributed by atoms with Crippen LogP contribution in [-0.2, 0) is 0 Å². The molecule has 0 atom stereocenters. The molecule has 256 valence electrons. The van der Waals surface area contributed by atoms with Gasteiger partial charge in [-0.25, -0.2) is 9.97 Å². The summed E-state index contributed by atoms with van der Waals surface area (Å²) in [6.07, 6.45) is 0. The largest absolute Gasteiger partial charge is 0.455 e. The summed E-state index contributed by atoms with van der Waals surface area (Å²) in [4.78, 5) is 10.7. The van der Waals surface area contributed by atoms with E-state index in [1.165, 1.54) is 16.2 Å². The number of fused-ring (bicyclic) bond motifs is 9. The van der Waals surface area contributed by atoms with E-state index < -0.39 is 0 Å². The van der Waals surface area contributed by atoms with Gasteiger partial charge in [-0.3, -0.25) is 4.57 Å². The maximum absolute atomic E-state index is 6.96. The second-order valence-electron chi connectivity index (χ2n) is 13.3. The fourth-order valence-electron chi connectivity index (χ4n) is 8.12. The molecule has 0 aliphatic carbocycles. The number of furan rings is 1. The second kappa shape index (κ2) is 12.9. The summed E-state index contributed by atoms with van der Waals surface area (Å²) in [6, 6.07) is 61.7. The number of aromatic nitrogens is 3. The summed E-state index contributed by atoms with van der Waals surface area (Å²) in [5.74, 6) is 0.628. The Bertz CT molecular complexity index is 3180. The molecule has 0 saturated carbocycles. The van der Waals surface area contributed by atoms with Gasteiger partial charge in [-0.1, -0.05) is 178 Å². The standard InChI is InChI=1S/C48H29N3O.C2H6/c1-3-14-30(15-4-1)34-21-11-24-37-38-25-13-23-36(47(38)52-46(34)37)35-22-12-26-40-43-33-19-8-7-16-31(33)28-29-42(43)51(45(35)40)48-49-41-27-10-9-20-39(41)44(50-48)32-17-5-2-6-18-32;1-2/h1-29H;1-2H3. The first-order chi connectivity index (χ1) is 26.8. The maximum Gasteiger partial charge on any atom is 0.235 e. The van der Waals surface area contributed by atoms with E-state index >= 15 is 0 Å². The third-order valence-electron chi connectivity index (χ3n) is 10.4. The summed E-state index contributed by atoms with van der Waals surface area (Å²) in [7, 11) is 0. The van der Waals surface area contributed by atoms with Crippen molar-refractivity contribution < 1.29 is 4.42 Å². The van der Waals surface area contributed by atoms with Crippen LogP contribution < -0.4 is 0 Å². The van der Waals surface area contributed by atoms with Crippen molar-refractivity contribution in [1.82, 2.24) is 14.5 Å². The zero-order valence-electron chi connectivity index (χ0n) is 30.0. The van der Waals surface area contributed by atoms with Crippen molar-refractivity contribution in [1.29, 1.82) is 0 Å². The average Bonchev–Trinajstić information content (AvgIpc) is 3.81. The lowest BCUT2D eigenvalue weighted by Crippen LogP contribution is -2.04. The fourth-order valence-corrected chi connectivity index (χ4v) is 8.12. The van der Waals surface area contributed by atoms with Crippen LogP contribution >= 0.6 is 0 Å². The van der Waals surface area contributed by atoms with Gasteiger partial charge < -0.3 is 4.42 Å². The Kier molecular flexibility index (Phi) is 7.55. The molecule has 0 aliphatic rings. The lowest BCUT2D eigenvalue weighted by atomic mass is 9.98. The molecule has 11 aromatic rings. The normalized spacial score (nSPS) is 11.5. The van der Waals surface area contributed by atoms with Gasteiger partial charge in [0, 0.05) is 49.2 Å². The van der Waals surface area contributed by atoms with Crippen LogP contribution in [0.2, 0.25) is 0 Å². The molecule has 0 N–H and O–H groups in total. The summed E-state index contributed by atoms with van der Waals surface area (Å²) in [5, 5.41) is 7.91. The highest BCUT2D eigenvalue weighted by Gasteiger charge is 2.23. The molecule has 0 aliphatic heterocycles. The van der Waals surface area contributed by atoms with E-state index in [2.05, 4.69) is 162 Å². The van der Waals surface area contributed by atoms with Gasteiger partial charge in [0.05, 0.1) is 22.2 Å². The average molecular weight is 694 g/mol. The molecule has 4 nitrogen and oxygen atoms in total. The minimum absolute atomic E-state index is 0.628. The number of hydrogen-bond acceptors (Lipinski definition) is 3. The van der Waals surface area contributed by atoms with Crippen LogP contribution in [0.5, 0.6) is 0 Å². The molecule has 0 bridgehead atoms. The third-order valence-corrected chi connectivity index (χ3v) is 10.4. The van der Waals surface area contributed by atoms with Gasteiger partial charge in [0.25, 0.3) is 0 Å². The van der Waals surface area contributed by atoms with Crippen molar-refractivity contribution in [2.45, 2.75) is 13.8 Å². The van der Waals surface area contributed by atoms with E-state index in [0.29, 0.717) is 5.95 Å². The Morgan fingerprint density at radius 2 is 1.00 bits per heavy atom. The van der Waals surface area contributed by atoms with E-state index in [0.717, 1.165) is 82.8 Å². The fraction of sp³-hybridized carbons (Fsp3) is 0.0400. The molecule has 11 rings (SSSR count). The predicted octanol–water partition coefficient (Wildman–Crippen LogP) is 13.8. The van der Waals surface area contributed by atoms with E-state index in [1.807, 2.05) is 32.0 Å². The zero-order chi connectivity index (χ0) is 36.2. The Hall–Kier alpha value is -7.04. The lowest BCUT2D eigenvalue weighted by Gasteiger charge is -2.13. The van der Waals surface area contributed by atoms with Gasteiger partial charge in [-0.15, -0.1) is 0 Å². The number of nitrogens with zero attached hydrogens (tertiary/aromatic N) is 3. The predicted molar refractivity (Wildman–Crippen MR) is 226 cm³/mol. The van der Waals surface area contributed by atoms with Crippen LogP contribution in [0.4, 0.5) is 0 Å². The van der Waals surface area contributed by atoms with E-state index in [-0.39, 0.29) is 0 Å². The van der Waals surface area contributed by atoms with E-state index in [4.69, 9.17) is 14.4 Å². The van der Waals surface area contributed by atoms with Crippen LogP contribution in [0.25, 0.3) is 105 Å². The molecule has 0 fully saturated rings. The minimum atomic E-state index is 0.628. The zero-order valence-corrected chi connectivity index (χ0v) is 30.0. The monoisotopic (exact) mass is 693 g/mol. The summed E-state index contributed by atoms with van der Waals surface area (Å²) < 4.78 is 9.22. The quantitative estimate of drug-likeness (QED) is 0.184. The van der Waals surface area contributed by atoms with Crippen molar-refractivity contribution in [2.24, 2.45) is 0 Å². The first-order valence-corrected chi connectivity index (χ1v) is 18.6. The van der Waals surface area contributed by atoms with Gasteiger partial charge in [-0.2, -0.15) is 0 Å². The SMILES string of the molecule is CC.c1ccc(-c2nc(-n3c4ccc5ccccc5c4c4cccc(-c5cccc6c5oc5c(-c7ccccc7)cccc56)c43)nc3ccccc23)cc1. The number of rotatable bonds is 4. The molecule has 0 radical (unpaired) electrons. The van der Waals surface area contributed by atoms with Crippen LogP contribution in [0.1, 0.15) is 13.8 Å². The molecule has 0 amide bonds. The molecule has 0 spiro atoms. The van der Waals surface area contributed by atoms with E-state index in [9.17, 15) is 0 Å². The van der Waals surface area contributed by atoms with Crippen molar-refractivity contribution in [2.75, 3.05) is 0 Å². The van der Waals surface area contributed by atoms with Crippen LogP contribution in [0.15, 0.2) is 180 Å². The summed E-state index contributed by atoms with van der Waals surface area (Å²) in [5.41, 5.74) is 11.0. The highest BCUT2D eigenvalue weighted by Crippen LogP contribution is 2.45. The van der Waals surface area contributed by atoms with Crippen molar-refractivity contribution in [3.8, 4) is 39.5 Å². The number of para-hydroxylation sites is 4. The lowest BCUT2D eigenvalue weighted by molar-refractivity contribution is 0.671.